The van der Waals surface area contributed by atoms with Crippen molar-refractivity contribution in [2.24, 2.45) is 0 Å². The van der Waals surface area contributed by atoms with E-state index in [1.807, 2.05) is 6.92 Å². The molecule has 0 bridgehead atoms. The minimum absolute atomic E-state index is 0.110. The predicted molar refractivity (Wildman–Crippen MR) is 68.4 cm³/mol. The van der Waals surface area contributed by atoms with Crippen LogP contribution in [0.5, 0.6) is 0 Å². The Morgan fingerprint density at radius 2 is 2.00 bits per heavy atom. The molecule has 0 unspecified atom stereocenters. The van der Waals surface area contributed by atoms with Crippen molar-refractivity contribution >= 4 is 27.3 Å². The lowest BCUT2D eigenvalue weighted by molar-refractivity contribution is -0.116. The van der Waals surface area contributed by atoms with Gasteiger partial charge in [0.1, 0.15) is 5.82 Å². The quantitative estimate of drug-likeness (QED) is 0.861. The number of rotatable bonds is 5. The van der Waals surface area contributed by atoms with Crippen molar-refractivity contribution in [2.45, 2.75) is 19.8 Å². The molecule has 18 heavy (non-hydrogen) atoms. The molecule has 0 fully saturated rings. The summed E-state index contributed by atoms with van der Waals surface area (Å²) in [6.07, 6.45) is 1.92. The molecule has 0 heterocycles. The lowest BCUT2D eigenvalue weighted by Gasteiger charge is -2.11. The van der Waals surface area contributed by atoms with Gasteiger partial charge in [0.05, 0.1) is 17.6 Å². The van der Waals surface area contributed by atoms with Crippen LogP contribution in [0.1, 0.15) is 19.8 Å². The summed E-state index contributed by atoms with van der Waals surface area (Å²) in [5.74, 6) is -0.847. The summed E-state index contributed by atoms with van der Waals surface area (Å²) < 4.78 is 37.6. The summed E-state index contributed by atoms with van der Waals surface area (Å²) >= 11 is 0. The van der Waals surface area contributed by atoms with Gasteiger partial charge in [-0.25, -0.2) is 12.8 Å². The SMILES string of the molecule is CCCC(=O)Nc1cc(F)ccc1NS(C)(=O)=O. The molecular weight excluding hydrogens is 259 g/mol. The number of carbonyl (C=O) groups excluding carboxylic acids is 1. The molecule has 0 saturated heterocycles. The van der Waals surface area contributed by atoms with Crippen LogP contribution in [0, 0.1) is 5.82 Å². The van der Waals surface area contributed by atoms with Crippen LogP contribution in [0.25, 0.3) is 0 Å². The van der Waals surface area contributed by atoms with Crippen molar-refractivity contribution in [2.75, 3.05) is 16.3 Å². The number of halogens is 1. The minimum Gasteiger partial charge on any atom is -0.324 e. The molecule has 0 aromatic heterocycles. The van der Waals surface area contributed by atoms with E-state index >= 15 is 0 Å². The molecule has 0 spiro atoms. The van der Waals surface area contributed by atoms with Crippen LogP contribution in [-0.4, -0.2) is 20.6 Å². The molecule has 100 valence electrons. The first kappa shape index (κ1) is 14.4. The molecule has 0 aliphatic carbocycles. The zero-order chi connectivity index (χ0) is 13.8. The summed E-state index contributed by atoms with van der Waals surface area (Å²) in [5.41, 5.74) is 0.252. The Bertz CT molecular complexity index is 543. The second-order valence-electron chi connectivity index (χ2n) is 3.86. The van der Waals surface area contributed by atoms with E-state index in [2.05, 4.69) is 10.0 Å². The summed E-state index contributed by atoms with van der Waals surface area (Å²) in [6.45, 7) is 1.83. The third-order valence-corrected chi connectivity index (χ3v) is 2.62. The van der Waals surface area contributed by atoms with Gasteiger partial charge in [-0.2, -0.15) is 0 Å². The number of carbonyl (C=O) groups is 1. The molecule has 0 atom stereocenters. The molecule has 7 heteroatoms. The lowest BCUT2D eigenvalue weighted by Crippen LogP contribution is -2.15. The first-order chi connectivity index (χ1) is 8.31. The highest BCUT2D eigenvalue weighted by atomic mass is 32.2. The summed E-state index contributed by atoms with van der Waals surface area (Å²) in [7, 11) is -3.48. The van der Waals surface area contributed by atoms with Gasteiger partial charge in [-0.05, 0) is 24.6 Å². The average Bonchev–Trinajstić information content (AvgIpc) is 2.20. The molecule has 1 amide bonds. The Morgan fingerprint density at radius 3 is 2.56 bits per heavy atom. The number of hydrogen-bond acceptors (Lipinski definition) is 3. The van der Waals surface area contributed by atoms with Crippen LogP contribution < -0.4 is 10.0 Å². The van der Waals surface area contributed by atoms with Crippen molar-refractivity contribution in [1.82, 2.24) is 0 Å². The first-order valence-corrected chi connectivity index (χ1v) is 7.28. The van der Waals surface area contributed by atoms with Crippen LogP contribution in [-0.2, 0) is 14.8 Å². The second kappa shape index (κ2) is 5.81. The Balaban J connectivity index is 3.00. The largest absolute Gasteiger partial charge is 0.324 e. The van der Waals surface area contributed by atoms with E-state index in [9.17, 15) is 17.6 Å². The highest BCUT2D eigenvalue weighted by molar-refractivity contribution is 7.92. The number of anilines is 2. The number of hydrogen-bond donors (Lipinski definition) is 2. The van der Waals surface area contributed by atoms with E-state index in [0.29, 0.717) is 6.42 Å². The number of benzene rings is 1. The Kier molecular flexibility index (Phi) is 4.66. The smallest absolute Gasteiger partial charge is 0.229 e. The molecule has 5 nitrogen and oxygen atoms in total. The maximum atomic E-state index is 13.1. The van der Waals surface area contributed by atoms with Gasteiger partial charge < -0.3 is 5.32 Å². The van der Waals surface area contributed by atoms with Gasteiger partial charge in [-0.3, -0.25) is 9.52 Å². The van der Waals surface area contributed by atoms with Gasteiger partial charge in [0.15, 0.2) is 0 Å². The summed E-state index contributed by atoms with van der Waals surface area (Å²) in [6, 6.07) is 3.45. The Hall–Kier alpha value is -1.63. The van der Waals surface area contributed by atoms with E-state index in [4.69, 9.17) is 0 Å². The van der Waals surface area contributed by atoms with Gasteiger partial charge >= 0.3 is 0 Å². The van der Waals surface area contributed by atoms with Gasteiger partial charge in [-0.1, -0.05) is 6.92 Å². The third kappa shape index (κ3) is 4.70. The fourth-order valence-corrected chi connectivity index (χ4v) is 1.93. The third-order valence-electron chi connectivity index (χ3n) is 2.03. The van der Waals surface area contributed by atoms with Crippen LogP contribution in [0.4, 0.5) is 15.8 Å². The van der Waals surface area contributed by atoms with Gasteiger partial charge in [0.2, 0.25) is 15.9 Å². The minimum atomic E-state index is -3.48. The number of amides is 1. The van der Waals surface area contributed by atoms with Crippen molar-refractivity contribution in [1.29, 1.82) is 0 Å². The molecule has 1 aromatic carbocycles. The molecule has 2 N–H and O–H groups in total. The monoisotopic (exact) mass is 274 g/mol. The maximum Gasteiger partial charge on any atom is 0.229 e. The van der Waals surface area contributed by atoms with Crippen LogP contribution in [0.15, 0.2) is 18.2 Å². The highest BCUT2D eigenvalue weighted by Crippen LogP contribution is 2.23. The standard InChI is InChI=1S/C11H15FN2O3S/c1-3-4-11(15)13-10-7-8(12)5-6-9(10)14-18(2,16)17/h5-7,14H,3-4H2,1-2H3,(H,13,15). The van der Waals surface area contributed by atoms with Gasteiger partial charge in [0, 0.05) is 6.42 Å². The molecule has 0 aliphatic heterocycles. The molecule has 0 aliphatic rings. The van der Waals surface area contributed by atoms with Crippen molar-refractivity contribution < 1.29 is 17.6 Å². The number of nitrogens with one attached hydrogen (secondary N) is 2. The molecular formula is C11H15FN2O3S. The van der Waals surface area contributed by atoms with Crippen molar-refractivity contribution in [3.8, 4) is 0 Å². The van der Waals surface area contributed by atoms with E-state index < -0.39 is 15.8 Å². The fraction of sp³-hybridized carbons (Fsp3) is 0.364. The van der Waals surface area contributed by atoms with E-state index in [0.717, 1.165) is 18.4 Å². The predicted octanol–water partition coefficient (Wildman–Crippen LogP) is 1.94. The summed E-state index contributed by atoms with van der Waals surface area (Å²) in [5, 5.41) is 2.47. The van der Waals surface area contributed by atoms with Gasteiger partial charge in [0.25, 0.3) is 0 Å². The lowest BCUT2D eigenvalue weighted by atomic mass is 10.2. The van der Waals surface area contributed by atoms with Crippen molar-refractivity contribution in [3.63, 3.8) is 0 Å². The highest BCUT2D eigenvalue weighted by Gasteiger charge is 2.11. The topological polar surface area (TPSA) is 75.3 Å². The normalized spacial score (nSPS) is 11.1. The first-order valence-electron chi connectivity index (χ1n) is 5.39. The fourth-order valence-electron chi connectivity index (χ4n) is 1.35. The molecule has 0 radical (unpaired) electrons. The Labute approximate surface area is 105 Å². The average molecular weight is 274 g/mol. The van der Waals surface area contributed by atoms with Crippen LogP contribution in [0.2, 0.25) is 0 Å². The van der Waals surface area contributed by atoms with Crippen LogP contribution in [0.3, 0.4) is 0 Å². The van der Waals surface area contributed by atoms with Crippen LogP contribution >= 0.6 is 0 Å². The number of sulfonamides is 1. The van der Waals surface area contributed by atoms with E-state index in [-0.39, 0.29) is 23.7 Å². The Morgan fingerprint density at radius 1 is 1.33 bits per heavy atom. The van der Waals surface area contributed by atoms with E-state index in [1.165, 1.54) is 6.07 Å². The van der Waals surface area contributed by atoms with Crippen molar-refractivity contribution in [3.05, 3.63) is 24.0 Å². The summed E-state index contributed by atoms with van der Waals surface area (Å²) in [4.78, 5) is 11.4. The van der Waals surface area contributed by atoms with E-state index in [1.54, 1.807) is 0 Å². The van der Waals surface area contributed by atoms with Gasteiger partial charge in [-0.15, -0.1) is 0 Å². The second-order valence-corrected chi connectivity index (χ2v) is 5.61. The molecule has 1 aromatic rings. The molecule has 1 rings (SSSR count). The molecule has 0 saturated carbocycles. The maximum absolute atomic E-state index is 13.1. The zero-order valence-electron chi connectivity index (χ0n) is 10.2. The zero-order valence-corrected chi connectivity index (χ0v) is 11.0.